The van der Waals surface area contributed by atoms with Crippen LogP contribution in [0, 0.1) is 11.8 Å². The van der Waals surface area contributed by atoms with E-state index in [1.165, 1.54) is 4.31 Å². The summed E-state index contributed by atoms with van der Waals surface area (Å²) in [6.07, 6.45) is 1.43. The first-order valence-electron chi connectivity index (χ1n) is 9.14. The van der Waals surface area contributed by atoms with Crippen LogP contribution in [0.3, 0.4) is 0 Å². The highest BCUT2D eigenvalue weighted by Gasteiger charge is 2.33. The molecule has 2 aromatic rings. The first-order valence-corrected chi connectivity index (χ1v) is 10.6. The van der Waals surface area contributed by atoms with E-state index in [-0.39, 0.29) is 18.4 Å². The van der Waals surface area contributed by atoms with Gasteiger partial charge in [0, 0.05) is 19.6 Å². The predicted octanol–water partition coefficient (Wildman–Crippen LogP) is 3.01. The van der Waals surface area contributed by atoms with Crippen molar-refractivity contribution in [3.63, 3.8) is 0 Å². The third-order valence-electron chi connectivity index (χ3n) is 4.80. The molecular formula is C20H26N2O3S. The topological polar surface area (TPSA) is 66.5 Å². The van der Waals surface area contributed by atoms with Gasteiger partial charge in [-0.2, -0.15) is 4.31 Å². The molecule has 1 N–H and O–H groups in total. The van der Waals surface area contributed by atoms with Gasteiger partial charge in [0.1, 0.15) is 0 Å². The Bertz CT molecular complexity index is 893. The van der Waals surface area contributed by atoms with Gasteiger partial charge in [0.15, 0.2) is 0 Å². The number of hydrogen-bond acceptors (Lipinski definition) is 3. The van der Waals surface area contributed by atoms with E-state index >= 15 is 0 Å². The van der Waals surface area contributed by atoms with Crippen LogP contribution in [-0.2, 0) is 14.8 Å². The molecule has 0 aliphatic carbocycles. The van der Waals surface area contributed by atoms with Gasteiger partial charge >= 0.3 is 0 Å². The van der Waals surface area contributed by atoms with Gasteiger partial charge in [-0.25, -0.2) is 8.42 Å². The van der Waals surface area contributed by atoms with Crippen molar-refractivity contribution in [2.24, 2.45) is 11.8 Å². The smallest absolute Gasteiger partial charge is 0.243 e. The summed E-state index contributed by atoms with van der Waals surface area (Å²) in [6, 6.07) is 12.9. The number of piperidine rings is 1. The van der Waals surface area contributed by atoms with Gasteiger partial charge in [0.25, 0.3) is 0 Å². The highest BCUT2D eigenvalue weighted by atomic mass is 32.2. The van der Waals surface area contributed by atoms with E-state index in [0.717, 1.165) is 17.2 Å². The van der Waals surface area contributed by atoms with E-state index < -0.39 is 10.0 Å². The lowest BCUT2D eigenvalue weighted by Crippen LogP contribution is -2.45. The molecule has 5 nitrogen and oxygen atoms in total. The maximum absolute atomic E-state index is 13.1. The van der Waals surface area contributed by atoms with Crippen LogP contribution in [0.25, 0.3) is 10.8 Å². The van der Waals surface area contributed by atoms with Crippen molar-refractivity contribution in [2.75, 3.05) is 19.6 Å². The van der Waals surface area contributed by atoms with Crippen molar-refractivity contribution in [1.82, 2.24) is 9.62 Å². The van der Waals surface area contributed by atoms with Gasteiger partial charge in [-0.05, 0) is 41.7 Å². The number of nitrogens with zero attached hydrogens (tertiary/aromatic N) is 1. The molecule has 0 radical (unpaired) electrons. The molecule has 26 heavy (non-hydrogen) atoms. The zero-order valence-electron chi connectivity index (χ0n) is 15.3. The number of carbonyl (C=O) groups is 1. The quantitative estimate of drug-likeness (QED) is 0.875. The Balaban J connectivity index is 1.78. The van der Waals surface area contributed by atoms with Crippen LogP contribution >= 0.6 is 0 Å². The molecular weight excluding hydrogens is 348 g/mol. The van der Waals surface area contributed by atoms with Crippen LogP contribution < -0.4 is 5.32 Å². The molecule has 1 aliphatic heterocycles. The zero-order chi connectivity index (χ0) is 18.7. The van der Waals surface area contributed by atoms with Crippen molar-refractivity contribution in [1.29, 1.82) is 0 Å². The molecule has 140 valence electrons. The standard InChI is InChI=1S/C20H26N2O3S/c1-15(2)13-21-20(23)18-8-5-11-22(14-18)26(24,25)19-10-9-16-6-3-4-7-17(16)12-19/h3-4,6-7,9-10,12,15,18H,5,8,11,13-14H2,1-2H3,(H,21,23)/t18-/m0/s1. The van der Waals surface area contributed by atoms with Gasteiger partial charge in [-0.1, -0.05) is 44.2 Å². The molecule has 0 saturated carbocycles. The number of amides is 1. The first-order chi connectivity index (χ1) is 12.4. The molecule has 3 rings (SSSR count). The number of carbonyl (C=O) groups excluding carboxylic acids is 1. The number of hydrogen-bond donors (Lipinski definition) is 1. The van der Waals surface area contributed by atoms with E-state index in [2.05, 4.69) is 5.32 Å². The minimum atomic E-state index is -3.60. The molecule has 0 aromatic heterocycles. The highest BCUT2D eigenvalue weighted by molar-refractivity contribution is 7.89. The Labute approximate surface area is 155 Å². The Kier molecular flexibility index (Phi) is 5.63. The number of sulfonamides is 1. The van der Waals surface area contributed by atoms with Gasteiger partial charge in [-0.15, -0.1) is 0 Å². The van der Waals surface area contributed by atoms with Crippen LogP contribution in [0.15, 0.2) is 47.4 Å². The number of fused-ring (bicyclic) bond motifs is 1. The lowest BCUT2D eigenvalue weighted by molar-refractivity contribution is -0.126. The summed E-state index contributed by atoms with van der Waals surface area (Å²) in [6.45, 7) is 5.41. The minimum absolute atomic E-state index is 0.0443. The number of rotatable bonds is 5. The maximum atomic E-state index is 13.1. The minimum Gasteiger partial charge on any atom is -0.356 e. The van der Waals surface area contributed by atoms with Crippen LogP contribution in [-0.4, -0.2) is 38.3 Å². The van der Waals surface area contributed by atoms with Crippen molar-refractivity contribution in [2.45, 2.75) is 31.6 Å². The molecule has 6 heteroatoms. The average Bonchev–Trinajstić information content (AvgIpc) is 2.65. The van der Waals surface area contributed by atoms with Crippen LogP contribution in [0.2, 0.25) is 0 Å². The lowest BCUT2D eigenvalue weighted by Gasteiger charge is -2.31. The third-order valence-corrected chi connectivity index (χ3v) is 6.66. The van der Waals surface area contributed by atoms with Gasteiger partial charge in [0.05, 0.1) is 10.8 Å². The molecule has 1 aliphatic rings. The zero-order valence-corrected chi connectivity index (χ0v) is 16.1. The summed E-state index contributed by atoms with van der Waals surface area (Å²) >= 11 is 0. The molecule has 0 unspecified atom stereocenters. The second kappa shape index (κ2) is 7.76. The maximum Gasteiger partial charge on any atom is 0.243 e. The summed E-state index contributed by atoms with van der Waals surface area (Å²) in [5, 5.41) is 4.84. The Hall–Kier alpha value is -1.92. The summed E-state index contributed by atoms with van der Waals surface area (Å²) in [7, 11) is -3.60. The van der Waals surface area contributed by atoms with Crippen molar-refractivity contribution < 1.29 is 13.2 Å². The molecule has 1 heterocycles. The van der Waals surface area contributed by atoms with Gasteiger partial charge in [0.2, 0.25) is 15.9 Å². The fraction of sp³-hybridized carbons (Fsp3) is 0.450. The molecule has 1 fully saturated rings. The SMILES string of the molecule is CC(C)CNC(=O)[C@H]1CCCN(S(=O)(=O)c2ccc3ccccc3c2)C1. The second-order valence-corrected chi connectivity index (χ2v) is 9.29. The van der Waals surface area contributed by atoms with Crippen LogP contribution in [0.4, 0.5) is 0 Å². The first kappa shape index (κ1) is 18.9. The third kappa shape index (κ3) is 4.07. The van der Waals surface area contributed by atoms with Crippen molar-refractivity contribution in [3.05, 3.63) is 42.5 Å². The Morgan fingerprint density at radius 1 is 1.19 bits per heavy atom. The lowest BCUT2D eigenvalue weighted by atomic mass is 9.98. The molecule has 0 bridgehead atoms. The summed E-state index contributed by atoms with van der Waals surface area (Å²) in [5.74, 6) is 0.0508. The van der Waals surface area contributed by atoms with Crippen molar-refractivity contribution >= 4 is 26.7 Å². The van der Waals surface area contributed by atoms with Crippen LogP contribution in [0.5, 0.6) is 0 Å². The van der Waals surface area contributed by atoms with E-state index in [1.54, 1.807) is 12.1 Å². The van der Waals surface area contributed by atoms with Gasteiger partial charge < -0.3 is 5.32 Å². The predicted molar refractivity (Wildman–Crippen MR) is 103 cm³/mol. The summed E-state index contributed by atoms with van der Waals surface area (Å²) < 4.78 is 27.6. The number of benzene rings is 2. The fourth-order valence-corrected chi connectivity index (χ4v) is 4.86. The number of nitrogens with one attached hydrogen (secondary N) is 1. The Morgan fingerprint density at radius 3 is 2.65 bits per heavy atom. The van der Waals surface area contributed by atoms with E-state index in [4.69, 9.17) is 0 Å². The van der Waals surface area contributed by atoms with Crippen molar-refractivity contribution in [3.8, 4) is 0 Å². The fourth-order valence-electron chi connectivity index (χ4n) is 3.30. The molecule has 1 saturated heterocycles. The summed E-state index contributed by atoms with van der Waals surface area (Å²) in [4.78, 5) is 12.6. The van der Waals surface area contributed by atoms with E-state index in [0.29, 0.717) is 30.3 Å². The molecule has 2 aromatic carbocycles. The normalized spacial score (nSPS) is 19.0. The summed E-state index contributed by atoms with van der Waals surface area (Å²) in [5.41, 5.74) is 0. The second-order valence-electron chi connectivity index (χ2n) is 7.35. The highest BCUT2D eigenvalue weighted by Crippen LogP contribution is 2.26. The largest absolute Gasteiger partial charge is 0.356 e. The molecule has 1 atom stereocenters. The van der Waals surface area contributed by atoms with E-state index in [1.807, 2.05) is 44.2 Å². The molecule has 0 spiro atoms. The monoisotopic (exact) mass is 374 g/mol. The van der Waals surface area contributed by atoms with Gasteiger partial charge in [-0.3, -0.25) is 4.79 Å². The van der Waals surface area contributed by atoms with E-state index in [9.17, 15) is 13.2 Å². The van der Waals surface area contributed by atoms with Crippen LogP contribution in [0.1, 0.15) is 26.7 Å². The average molecular weight is 375 g/mol. The molecule has 1 amide bonds. The Morgan fingerprint density at radius 2 is 1.92 bits per heavy atom.